The molecule has 0 amide bonds. The summed E-state index contributed by atoms with van der Waals surface area (Å²) in [5.41, 5.74) is 5.88. The van der Waals surface area contributed by atoms with Gasteiger partial charge in [0.2, 0.25) is 0 Å². The highest BCUT2D eigenvalue weighted by Crippen LogP contribution is 2.38. The molecule has 0 aromatic heterocycles. The van der Waals surface area contributed by atoms with Crippen LogP contribution in [0.5, 0.6) is 0 Å². The molecule has 1 atom stereocenters. The summed E-state index contributed by atoms with van der Waals surface area (Å²) >= 11 is -1.37. The van der Waals surface area contributed by atoms with Crippen LogP contribution in [-0.2, 0) is 16.0 Å². The first kappa shape index (κ1) is 20.8. The number of benzene rings is 2. The molecular weight excluding hydrogens is 391 g/mol. The fraction of sp³-hybridized carbons (Fsp3) is 0.182. The Morgan fingerprint density at radius 1 is 1.21 bits per heavy atom. The average molecular weight is 412 g/mol. The zero-order chi connectivity index (χ0) is 20.8. The lowest BCUT2D eigenvalue weighted by Gasteiger charge is -2.09. The van der Waals surface area contributed by atoms with Crippen LogP contribution in [0.1, 0.15) is 28.7 Å². The molecule has 0 spiro atoms. The zero-order valence-electron chi connectivity index (χ0n) is 16.1. The van der Waals surface area contributed by atoms with E-state index in [0.29, 0.717) is 13.0 Å². The van der Waals surface area contributed by atoms with Crippen molar-refractivity contribution in [3.8, 4) is 0 Å². The third kappa shape index (κ3) is 4.93. The smallest absolute Gasteiger partial charge is 0.188 e. The van der Waals surface area contributed by atoms with E-state index >= 15 is 0 Å². The van der Waals surface area contributed by atoms with Crippen LogP contribution in [0.25, 0.3) is 17.2 Å². The Labute approximate surface area is 172 Å². The minimum atomic E-state index is -1.37. The number of hydrogen-bond acceptors (Lipinski definition) is 5. The molecule has 0 radical (unpaired) electrons. The predicted molar refractivity (Wildman–Crippen MR) is 115 cm³/mol. The predicted octanol–water partition coefficient (Wildman–Crippen LogP) is 4.66. The van der Waals surface area contributed by atoms with Gasteiger partial charge in [0.05, 0.1) is 12.4 Å². The normalized spacial score (nSPS) is 15.9. The first-order chi connectivity index (χ1) is 14.0. The second-order valence-electron chi connectivity index (χ2n) is 6.51. The number of allylic oxidation sites excluding steroid dienone is 2. The van der Waals surface area contributed by atoms with E-state index in [9.17, 15) is 8.94 Å². The molecule has 1 N–H and O–H groups in total. The molecule has 1 aliphatic rings. The monoisotopic (exact) mass is 412 g/mol. The fourth-order valence-corrected chi connectivity index (χ4v) is 3.88. The van der Waals surface area contributed by atoms with Crippen molar-refractivity contribution in [1.29, 1.82) is 0 Å². The first-order valence-corrected chi connectivity index (χ1v) is 10.5. The van der Waals surface area contributed by atoms with E-state index in [1.54, 1.807) is 6.07 Å². The Bertz CT molecular complexity index is 1010. The van der Waals surface area contributed by atoms with Crippen LogP contribution in [0.3, 0.4) is 0 Å². The minimum Gasteiger partial charge on any atom is -0.612 e. The Morgan fingerprint density at radius 3 is 2.69 bits per heavy atom. The molecule has 0 saturated heterocycles. The molecule has 3 rings (SSSR count). The van der Waals surface area contributed by atoms with Crippen molar-refractivity contribution in [1.82, 2.24) is 0 Å². The summed E-state index contributed by atoms with van der Waals surface area (Å²) in [6.07, 6.45) is 8.50. The summed E-state index contributed by atoms with van der Waals surface area (Å²) in [6, 6.07) is 11.1. The highest BCUT2D eigenvalue weighted by Gasteiger charge is 2.19. The molecule has 1 unspecified atom stereocenters. The lowest BCUT2D eigenvalue weighted by Crippen LogP contribution is -2.02. The van der Waals surface area contributed by atoms with Crippen molar-refractivity contribution in [2.24, 2.45) is 10.3 Å². The van der Waals surface area contributed by atoms with Gasteiger partial charge in [0.15, 0.2) is 10.7 Å². The van der Waals surface area contributed by atoms with E-state index in [2.05, 4.69) is 16.4 Å². The van der Waals surface area contributed by atoms with Crippen LogP contribution < -0.4 is 0 Å². The van der Waals surface area contributed by atoms with Crippen molar-refractivity contribution in [2.75, 3.05) is 12.9 Å². The van der Waals surface area contributed by atoms with E-state index in [1.807, 2.05) is 37.3 Å². The minimum absolute atomic E-state index is 0.219. The maximum atomic E-state index is 14.3. The molecule has 5 nitrogen and oxygen atoms in total. The van der Waals surface area contributed by atoms with E-state index in [1.165, 1.54) is 18.5 Å². The van der Waals surface area contributed by atoms with Gasteiger partial charge in [0, 0.05) is 6.42 Å². The number of hydrogen-bond donors (Lipinski definition) is 1. The van der Waals surface area contributed by atoms with Crippen molar-refractivity contribution in [3.63, 3.8) is 0 Å². The number of nitrogens with zero attached hydrogens (tertiary/aromatic N) is 2. The van der Waals surface area contributed by atoms with Gasteiger partial charge in [-0.15, -0.1) is 0 Å². The van der Waals surface area contributed by atoms with Crippen molar-refractivity contribution in [3.05, 3.63) is 70.5 Å². The second-order valence-corrected chi connectivity index (χ2v) is 7.86. The van der Waals surface area contributed by atoms with Gasteiger partial charge in [-0.1, -0.05) is 40.7 Å². The summed E-state index contributed by atoms with van der Waals surface area (Å²) in [6.45, 7) is 2.25. The number of oxime groups is 2. The molecule has 0 bridgehead atoms. The molecule has 29 heavy (non-hydrogen) atoms. The van der Waals surface area contributed by atoms with E-state index in [-0.39, 0.29) is 4.90 Å². The van der Waals surface area contributed by atoms with Gasteiger partial charge in [-0.05, 0) is 69.7 Å². The zero-order valence-corrected chi connectivity index (χ0v) is 16.9. The maximum absolute atomic E-state index is 14.3. The Kier molecular flexibility index (Phi) is 6.85. The molecule has 2 aromatic rings. The topological polar surface area (TPSA) is 77.2 Å². The molecule has 1 aliphatic carbocycles. The third-order valence-electron chi connectivity index (χ3n) is 4.59. The molecule has 0 heterocycles. The Balaban J connectivity index is 1.87. The summed E-state index contributed by atoms with van der Waals surface area (Å²) in [7, 11) is 0. The highest BCUT2D eigenvalue weighted by molar-refractivity contribution is 7.90. The van der Waals surface area contributed by atoms with Crippen molar-refractivity contribution >= 4 is 40.8 Å². The quantitative estimate of drug-likeness (QED) is 0.236. The lowest BCUT2D eigenvalue weighted by atomic mass is 10.0. The van der Waals surface area contributed by atoms with E-state index in [0.717, 1.165) is 39.6 Å². The van der Waals surface area contributed by atoms with Crippen LogP contribution in [-0.4, -0.2) is 35.1 Å². The van der Waals surface area contributed by atoms with Gasteiger partial charge in [-0.2, -0.15) is 0 Å². The number of fused-ring (bicyclic) bond motifs is 1. The summed E-state index contributed by atoms with van der Waals surface area (Å²) in [5, 5.41) is 14.8. The maximum Gasteiger partial charge on any atom is 0.188 e. The molecule has 0 saturated carbocycles. The van der Waals surface area contributed by atoms with Crippen LogP contribution in [0.4, 0.5) is 4.39 Å². The largest absolute Gasteiger partial charge is 0.612 e. The summed E-state index contributed by atoms with van der Waals surface area (Å²) in [4.78, 5) is 5.38. The number of rotatable bonds is 7. The second kappa shape index (κ2) is 9.54. The molecular formula is C22H21FN2O3S. The molecule has 2 aromatic carbocycles. The SMILES string of the molecule is Cc1cc([S+](C)[O-])c(F)cc1/C=C1/C=C(CCON=CC=NO)c2ccccc21. The van der Waals surface area contributed by atoms with Crippen molar-refractivity contribution in [2.45, 2.75) is 18.2 Å². The summed E-state index contributed by atoms with van der Waals surface area (Å²) in [5.74, 6) is -0.462. The molecule has 0 fully saturated rings. The van der Waals surface area contributed by atoms with E-state index < -0.39 is 17.0 Å². The molecule has 7 heteroatoms. The number of aryl methyl sites for hydroxylation is 1. The average Bonchev–Trinajstić information content (AvgIpc) is 3.04. The van der Waals surface area contributed by atoms with Crippen LogP contribution in [0, 0.1) is 12.7 Å². The summed E-state index contributed by atoms with van der Waals surface area (Å²) < 4.78 is 26.0. The lowest BCUT2D eigenvalue weighted by molar-refractivity contribution is 0.152. The standard InChI is InChI=1S/C22H21FN2O3S/c1-15-11-22(29(2)27)21(23)14-17(15)13-18-12-16(7-10-28-25-9-8-24-26)19-5-3-4-6-20(18)19/h3-6,8-9,11-14,26H,7,10H2,1-2H3/b18-13-,24-8?,25-9?. The van der Waals surface area contributed by atoms with Gasteiger partial charge in [0.1, 0.15) is 12.9 Å². The number of halogens is 1. The van der Waals surface area contributed by atoms with Gasteiger partial charge in [0.25, 0.3) is 0 Å². The first-order valence-electron chi connectivity index (χ1n) is 8.98. The van der Waals surface area contributed by atoms with Crippen LogP contribution in [0.2, 0.25) is 0 Å². The molecule has 0 aliphatic heterocycles. The third-order valence-corrected chi connectivity index (χ3v) is 5.52. The van der Waals surface area contributed by atoms with Gasteiger partial charge in [-0.3, -0.25) is 0 Å². The fourth-order valence-electron chi connectivity index (χ4n) is 3.21. The Hall–Kier alpha value is -2.90. The van der Waals surface area contributed by atoms with Gasteiger partial charge >= 0.3 is 0 Å². The van der Waals surface area contributed by atoms with Gasteiger partial charge in [-0.25, -0.2) is 4.39 Å². The van der Waals surface area contributed by atoms with Gasteiger partial charge < -0.3 is 14.6 Å². The molecule has 150 valence electrons. The Morgan fingerprint density at radius 2 is 1.97 bits per heavy atom. The van der Waals surface area contributed by atoms with Crippen LogP contribution >= 0.6 is 0 Å². The highest BCUT2D eigenvalue weighted by atomic mass is 32.2. The van der Waals surface area contributed by atoms with Crippen LogP contribution in [0.15, 0.2) is 57.7 Å². The van der Waals surface area contributed by atoms with Crippen molar-refractivity contribution < 1.29 is 19.0 Å². The van der Waals surface area contributed by atoms with E-state index in [4.69, 9.17) is 10.0 Å².